The van der Waals surface area contributed by atoms with Crippen LogP contribution in [0.5, 0.6) is 0 Å². The molecule has 0 aromatic heterocycles. The summed E-state index contributed by atoms with van der Waals surface area (Å²) in [7, 11) is 0. The first kappa shape index (κ1) is 25.7. The maximum atomic E-state index is 3.47. The van der Waals surface area contributed by atoms with E-state index in [0.717, 1.165) is 18.4 Å². The van der Waals surface area contributed by atoms with E-state index in [4.69, 9.17) is 0 Å². The highest BCUT2D eigenvalue weighted by molar-refractivity contribution is 5.01. The molecule has 0 aliphatic carbocycles. The Balaban J connectivity index is 4.31. The molecule has 0 aliphatic heterocycles. The van der Waals surface area contributed by atoms with Crippen molar-refractivity contribution in [2.45, 2.75) is 125 Å². The van der Waals surface area contributed by atoms with Crippen molar-refractivity contribution in [3.63, 3.8) is 0 Å². The Morgan fingerprint density at radius 2 is 1.50 bits per heavy atom. The van der Waals surface area contributed by atoms with Crippen LogP contribution >= 0.6 is 0 Å². The summed E-state index contributed by atoms with van der Waals surface area (Å²) < 4.78 is 0. The molecule has 0 amide bonds. The summed E-state index contributed by atoms with van der Waals surface area (Å²) >= 11 is 0. The lowest BCUT2D eigenvalue weighted by molar-refractivity contribution is 0.285. The van der Waals surface area contributed by atoms with Gasteiger partial charge in [0.15, 0.2) is 0 Å². The van der Waals surface area contributed by atoms with Gasteiger partial charge in [-0.2, -0.15) is 0 Å². The molecule has 0 radical (unpaired) electrons. The highest BCUT2D eigenvalue weighted by atomic mass is 14.8. The summed E-state index contributed by atoms with van der Waals surface area (Å²) in [6, 6.07) is 0. The van der Waals surface area contributed by atoms with Crippen molar-refractivity contribution in [2.24, 2.45) is 11.8 Å². The topological polar surface area (TPSA) is 12.0 Å². The summed E-state index contributed by atoms with van der Waals surface area (Å²) in [5.41, 5.74) is 1.74. The molecule has 0 bridgehead atoms. The zero-order valence-corrected chi connectivity index (χ0v) is 19.0. The van der Waals surface area contributed by atoms with E-state index in [0.29, 0.717) is 0 Å². The molecular weight excluding hydrogens is 314 g/mol. The fourth-order valence-corrected chi connectivity index (χ4v) is 4.05. The van der Waals surface area contributed by atoms with Crippen LogP contribution in [0.15, 0.2) is 11.6 Å². The molecule has 1 heteroatoms. The third kappa shape index (κ3) is 14.8. The Labute approximate surface area is 166 Å². The molecule has 26 heavy (non-hydrogen) atoms. The van der Waals surface area contributed by atoms with Gasteiger partial charge >= 0.3 is 0 Å². The van der Waals surface area contributed by atoms with Gasteiger partial charge in [0.1, 0.15) is 0 Å². The Morgan fingerprint density at radius 1 is 0.769 bits per heavy atom. The monoisotopic (exact) mass is 365 g/mol. The molecule has 0 spiro atoms. The standard InChI is InChI=1S/C25H51N/c1-6-10-12-18-24(16-8-3)19-15-17-23(5)25(20-11-7-2)21-13-14-22-26-9-4/h19,23,25-26H,6-18,20-22H2,1-5H3. The number of rotatable bonds is 19. The van der Waals surface area contributed by atoms with Crippen molar-refractivity contribution < 1.29 is 0 Å². The summed E-state index contributed by atoms with van der Waals surface area (Å²) in [6.07, 6.45) is 21.8. The number of unbranched alkanes of at least 4 members (excludes halogenated alkanes) is 4. The van der Waals surface area contributed by atoms with Crippen LogP contribution in [-0.2, 0) is 0 Å². The van der Waals surface area contributed by atoms with Crippen LogP contribution in [0.1, 0.15) is 125 Å². The van der Waals surface area contributed by atoms with Gasteiger partial charge in [-0.1, -0.05) is 97.6 Å². The van der Waals surface area contributed by atoms with E-state index in [1.165, 1.54) is 96.4 Å². The Bertz CT molecular complexity index is 307. The lowest BCUT2D eigenvalue weighted by Gasteiger charge is -2.24. The summed E-state index contributed by atoms with van der Waals surface area (Å²) in [5, 5.41) is 3.47. The fraction of sp³-hybridized carbons (Fsp3) is 0.920. The van der Waals surface area contributed by atoms with Gasteiger partial charge in [-0.25, -0.2) is 0 Å². The van der Waals surface area contributed by atoms with Crippen LogP contribution < -0.4 is 5.32 Å². The molecule has 156 valence electrons. The van der Waals surface area contributed by atoms with Crippen LogP contribution in [0.25, 0.3) is 0 Å². The summed E-state index contributed by atoms with van der Waals surface area (Å²) in [5.74, 6) is 1.83. The van der Waals surface area contributed by atoms with E-state index in [-0.39, 0.29) is 0 Å². The van der Waals surface area contributed by atoms with Gasteiger partial charge in [-0.05, 0) is 63.5 Å². The van der Waals surface area contributed by atoms with Gasteiger partial charge in [0.25, 0.3) is 0 Å². The second kappa shape index (κ2) is 19.5. The van der Waals surface area contributed by atoms with Gasteiger partial charge in [0, 0.05) is 0 Å². The summed E-state index contributed by atoms with van der Waals surface area (Å²) in [6.45, 7) is 14.0. The maximum Gasteiger partial charge on any atom is -0.00490 e. The van der Waals surface area contributed by atoms with E-state index in [1.807, 2.05) is 0 Å². The van der Waals surface area contributed by atoms with Gasteiger partial charge in [-0.15, -0.1) is 0 Å². The van der Waals surface area contributed by atoms with Crippen LogP contribution in [0, 0.1) is 11.8 Å². The average Bonchev–Trinajstić information content (AvgIpc) is 2.64. The Morgan fingerprint density at radius 3 is 2.15 bits per heavy atom. The molecule has 2 unspecified atom stereocenters. The predicted molar refractivity (Wildman–Crippen MR) is 121 cm³/mol. The molecule has 0 fully saturated rings. The second-order valence-electron chi connectivity index (χ2n) is 8.38. The maximum absolute atomic E-state index is 3.47. The minimum Gasteiger partial charge on any atom is -0.317 e. The molecule has 1 nitrogen and oxygen atoms in total. The number of hydrogen-bond acceptors (Lipinski definition) is 1. The molecule has 0 aliphatic rings. The molecule has 2 atom stereocenters. The van der Waals surface area contributed by atoms with Crippen molar-refractivity contribution in [1.82, 2.24) is 5.32 Å². The van der Waals surface area contributed by atoms with Gasteiger partial charge in [0.2, 0.25) is 0 Å². The third-order valence-corrected chi connectivity index (χ3v) is 5.89. The normalized spacial score (nSPS) is 14.6. The minimum absolute atomic E-state index is 0.885. The zero-order chi connectivity index (χ0) is 19.5. The van der Waals surface area contributed by atoms with Crippen molar-refractivity contribution in [3.05, 3.63) is 11.6 Å². The average molecular weight is 366 g/mol. The van der Waals surface area contributed by atoms with E-state index in [1.54, 1.807) is 5.57 Å². The molecular formula is C25H51N. The SMILES string of the molecule is CCCCCC(=CCCC(C)C(CCCC)CCCCNCC)CCC. The first-order valence-corrected chi connectivity index (χ1v) is 12.1. The lowest BCUT2D eigenvalue weighted by Crippen LogP contribution is -2.16. The van der Waals surface area contributed by atoms with Crippen LogP contribution in [-0.4, -0.2) is 13.1 Å². The smallest absolute Gasteiger partial charge is 0.00490 e. The Hall–Kier alpha value is -0.300. The molecule has 0 saturated carbocycles. The molecule has 0 heterocycles. The molecule has 0 rings (SSSR count). The highest BCUT2D eigenvalue weighted by Gasteiger charge is 2.16. The molecule has 1 N–H and O–H groups in total. The predicted octanol–water partition coefficient (Wildman–Crippen LogP) is 8.30. The number of allylic oxidation sites excluding steroid dienone is 2. The molecule has 0 aromatic carbocycles. The van der Waals surface area contributed by atoms with Crippen molar-refractivity contribution in [3.8, 4) is 0 Å². The highest BCUT2D eigenvalue weighted by Crippen LogP contribution is 2.28. The Kier molecular flexibility index (Phi) is 19.2. The van der Waals surface area contributed by atoms with E-state index < -0.39 is 0 Å². The zero-order valence-electron chi connectivity index (χ0n) is 19.0. The summed E-state index contributed by atoms with van der Waals surface area (Å²) in [4.78, 5) is 0. The largest absolute Gasteiger partial charge is 0.317 e. The van der Waals surface area contributed by atoms with Crippen molar-refractivity contribution in [1.29, 1.82) is 0 Å². The van der Waals surface area contributed by atoms with Crippen LogP contribution in [0.3, 0.4) is 0 Å². The van der Waals surface area contributed by atoms with E-state index in [2.05, 4.69) is 46.0 Å². The van der Waals surface area contributed by atoms with Gasteiger partial charge in [-0.3, -0.25) is 0 Å². The first-order chi connectivity index (χ1) is 12.7. The van der Waals surface area contributed by atoms with Crippen LogP contribution in [0.2, 0.25) is 0 Å². The quantitative estimate of drug-likeness (QED) is 0.179. The van der Waals surface area contributed by atoms with E-state index in [9.17, 15) is 0 Å². The van der Waals surface area contributed by atoms with Crippen molar-refractivity contribution >= 4 is 0 Å². The van der Waals surface area contributed by atoms with Crippen molar-refractivity contribution in [2.75, 3.05) is 13.1 Å². The van der Waals surface area contributed by atoms with Gasteiger partial charge in [0.05, 0.1) is 0 Å². The fourth-order valence-electron chi connectivity index (χ4n) is 4.05. The first-order valence-electron chi connectivity index (χ1n) is 12.1. The molecule has 0 aromatic rings. The molecule has 0 saturated heterocycles. The second-order valence-corrected chi connectivity index (χ2v) is 8.38. The van der Waals surface area contributed by atoms with Gasteiger partial charge < -0.3 is 5.32 Å². The third-order valence-electron chi connectivity index (χ3n) is 5.89. The number of nitrogens with one attached hydrogen (secondary N) is 1. The number of hydrogen-bond donors (Lipinski definition) is 1. The minimum atomic E-state index is 0.885. The van der Waals surface area contributed by atoms with Crippen LogP contribution in [0.4, 0.5) is 0 Å². The lowest BCUT2D eigenvalue weighted by atomic mass is 9.82. The van der Waals surface area contributed by atoms with E-state index >= 15 is 0 Å².